The number of nitrogen functional groups attached to an aromatic ring is 1. The van der Waals surface area contributed by atoms with Gasteiger partial charge in [0, 0.05) is 19.2 Å². The zero-order valence-corrected chi connectivity index (χ0v) is 12.5. The van der Waals surface area contributed by atoms with Gasteiger partial charge >= 0.3 is 0 Å². The highest BCUT2D eigenvalue weighted by molar-refractivity contribution is 7.89. The van der Waals surface area contributed by atoms with Gasteiger partial charge in [-0.25, -0.2) is 8.42 Å². The zero-order chi connectivity index (χ0) is 15.6. The van der Waals surface area contributed by atoms with Gasteiger partial charge in [0.05, 0.1) is 10.6 Å². The van der Waals surface area contributed by atoms with E-state index in [9.17, 15) is 18.5 Å². The van der Waals surface area contributed by atoms with Gasteiger partial charge in [0.15, 0.2) is 4.90 Å². The van der Waals surface area contributed by atoms with E-state index in [0.717, 1.165) is 18.9 Å². The lowest BCUT2D eigenvalue weighted by atomic mass is 10.0. The van der Waals surface area contributed by atoms with Crippen LogP contribution in [0.4, 0.5) is 11.4 Å². The number of nitrogens with one attached hydrogen (secondary N) is 1. The number of hydrazine groups is 1. The first kappa shape index (κ1) is 15.7. The molecule has 1 aromatic carbocycles. The van der Waals surface area contributed by atoms with Gasteiger partial charge in [-0.15, -0.1) is 0 Å². The van der Waals surface area contributed by atoms with Crippen LogP contribution in [0.5, 0.6) is 0 Å². The third-order valence-electron chi connectivity index (χ3n) is 3.56. The van der Waals surface area contributed by atoms with E-state index in [1.54, 1.807) is 0 Å². The number of piperidine rings is 1. The monoisotopic (exact) mass is 314 g/mol. The smallest absolute Gasteiger partial charge is 0.289 e. The van der Waals surface area contributed by atoms with E-state index in [0.29, 0.717) is 18.8 Å². The molecule has 3 N–H and O–H groups in total. The second-order valence-corrected chi connectivity index (χ2v) is 7.10. The highest BCUT2D eigenvalue weighted by Gasteiger charge is 2.34. The average molecular weight is 314 g/mol. The van der Waals surface area contributed by atoms with Crippen LogP contribution in [0.15, 0.2) is 23.1 Å². The molecule has 9 heteroatoms. The predicted molar refractivity (Wildman–Crippen MR) is 78.1 cm³/mol. The molecule has 1 aliphatic rings. The van der Waals surface area contributed by atoms with Crippen LogP contribution in [0.1, 0.15) is 19.8 Å². The lowest BCUT2D eigenvalue weighted by molar-refractivity contribution is -0.387. The van der Waals surface area contributed by atoms with E-state index >= 15 is 0 Å². The van der Waals surface area contributed by atoms with Crippen molar-refractivity contribution in [2.45, 2.75) is 24.7 Å². The minimum atomic E-state index is -3.91. The fourth-order valence-electron chi connectivity index (χ4n) is 2.47. The first-order valence-electron chi connectivity index (χ1n) is 6.61. The molecule has 0 bridgehead atoms. The van der Waals surface area contributed by atoms with Gasteiger partial charge in [-0.2, -0.15) is 4.31 Å². The maximum Gasteiger partial charge on any atom is 0.289 e. The van der Waals surface area contributed by atoms with Gasteiger partial charge in [0.2, 0.25) is 10.0 Å². The van der Waals surface area contributed by atoms with Crippen LogP contribution in [0.25, 0.3) is 0 Å². The third kappa shape index (κ3) is 3.14. The first-order chi connectivity index (χ1) is 9.86. The highest BCUT2D eigenvalue weighted by Crippen LogP contribution is 2.31. The van der Waals surface area contributed by atoms with Gasteiger partial charge < -0.3 is 5.43 Å². The van der Waals surface area contributed by atoms with Gasteiger partial charge in [-0.3, -0.25) is 16.0 Å². The molecule has 1 unspecified atom stereocenters. The number of nitrogens with zero attached hydrogens (tertiary/aromatic N) is 2. The van der Waals surface area contributed by atoms with Crippen molar-refractivity contribution in [3.63, 3.8) is 0 Å². The number of anilines is 1. The van der Waals surface area contributed by atoms with Crippen molar-refractivity contribution in [3.8, 4) is 0 Å². The van der Waals surface area contributed by atoms with Gasteiger partial charge in [-0.05, 0) is 30.9 Å². The molecule has 0 spiro atoms. The van der Waals surface area contributed by atoms with Crippen molar-refractivity contribution in [1.82, 2.24) is 4.31 Å². The van der Waals surface area contributed by atoms with Gasteiger partial charge in [0.25, 0.3) is 5.69 Å². The summed E-state index contributed by atoms with van der Waals surface area (Å²) in [6.07, 6.45) is 1.71. The maximum absolute atomic E-state index is 12.7. The van der Waals surface area contributed by atoms with E-state index in [1.165, 1.54) is 16.4 Å². The fourth-order valence-corrected chi connectivity index (χ4v) is 4.25. The molecule has 1 aliphatic heterocycles. The molecule has 21 heavy (non-hydrogen) atoms. The Bertz CT molecular complexity index is 647. The normalized spacial score (nSPS) is 20.2. The summed E-state index contributed by atoms with van der Waals surface area (Å²) in [6.45, 7) is 2.72. The Morgan fingerprint density at radius 2 is 2.19 bits per heavy atom. The molecular formula is C12H18N4O4S. The summed E-state index contributed by atoms with van der Waals surface area (Å²) >= 11 is 0. The Labute approximate surface area is 123 Å². The molecule has 1 aromatic rings. The average Bonchev–Trinajstić information content (AvgIpc) is 2.46. The van der Waals surface area contributed by atoms with E-state index in [-0.39, 0.29) is 10.8 Å². The Kier molecular flexibility index (Phi) is 4.45. The molecule has 116 valence electrons. The Morgan fingerprint density at radius 3 is 2.76 bits per heavy atom. The summed E-state index contributed by atoms with van der Waals surface area (Å²) in [5, 5.41) is 11.1. The quantitative estimate of drug-likeness (QED) is 0.491. The molecule has 1 atom stereocenters. The standard InChI is InChI=1S/C12H18N4O4S/c1-9-3-2-6-15(8-9)21(19,20)12-7-10(14-13)4-5-11(12)16(17)18/h4-5,7,9,14H,2-3,6,8,13H2,1H3. The molecule has 1 fully saturated rings. The SMILES string of the molecule is CC1CCCN(S(=O)(=O)c2cc(NN)ccc2[N+](=O)[O-])C1. The second kappa shape index (κ2) is 5.96. The van der Waals surface area contributed by atoms with E-state index in [2.05, 4.69) is 5.43 Å². The summed E-state index contributed by atoms with van der Waals surface area (Å²) in [4.78, 5) is 10.1. The third-order valence-corrected chi connectivity index (χ3v) is 5.46. The lowest BCUT2D eigenvalue weighted by Crippen LogP contribution is -2.39. The van der Waals surface area contributed by atoms with Crippen LogP contribution in [0.3, 0.4) is 0 Å². The van der Waals surface area contributed by atoms with Crippen LogP contribution in [-0.4, -0.2) is 30.7 Å². The molecule has 1 heterocycles. The van der Waals surface area contributed by atoms with Crippen molar-refractivity contribution >= 4 is 21.4 Å². The minimum absolute atomic E-state index is 0.239. The first-order valence-corrected chi connectivity index (χ1v) is 8.05. The molecule has 2 rings (SSSR count). The summed E-state index contributed by atoms with van der Waals surface area (Å²) in [5.41, 5.74) is 2.18. The van der Waals surface area contributed by atoms with Gasteiger partial charge in [0.1, 0.15) is 0 Å². The van der Waals surface area contributed by atoms with Crippen molar-refractivity contribution in [2.75, 3.05) is 18.5 Å². The number of sulfonamides is 1. The number of rotatable bonds is 4. The predicted octanol–water partition coefficient (Wildman–Crippen LogP) is 1.30. The fraction of sp³-hybridized carbons (Fsp3) is 0.500. The number of nitro benzene ring substituents is 1. The summed E-state index contributed by atoms with van der Waals surface area (Å²) in [7, 11) is -3.91. The van der Waals surface area contributed by atoms with Crippen LogP contribution >= 0.6 is 0 Å². The molecule has 0 saturated carbocycles. The second-order valence-electron chi connectivity index (χ2n) is 5.19. The number of hydrogen-bond donors (Lipinski definition) is 2. The van der Waals surface area contributed by atoms with Crippen LogP contribution in [-0.2, 0) is 10.0 Å². The molecular weight excluding hydrogens is 296 g/mol. The largest absolute Gasteiger partial charge is 0.324 e. The molecule has 1 saturated heterocycles. The number of hydrogen-bond acceptors (Lipinski definition) is 6. The van der Waals surface area contributed by atoms with Crippen molar-refractivity contribution in [1.29, 1.82) is 0 Å². The summed E-state index contributed by atoms with van der Waals surface area (Å²) < 4.78 is 26.7. The van der Waals surface area contributed by atoms with Crippen molar-refractivity contribution < 1.29 is 13.3 Å². The Hall–Kier alpha value is -1.71. The molecule has 0 amide bonds. The lowest BCUT2D eigenvalue weighted by Gasteiger charge is -2.29. The van der Waals surface area contributed by atoms with E-state index in [1.807, 2.05) is 6.92 Å². The summed E-state index contributed by atoms with van der Waals surface area (Å²) in [5.74, 6) is 5.50. The Balaban J connectivity index is 2.49. The maximum atomic E-state index is 12.7. The zero-order valence-electron chi connectivity index (χ0n) is 11.7. The number of nitro groups is 1. The van der Waals surface area contributed by atoms with Crippen molar-refractivity contribution in [3.05, 3.63) is 28.3 Å². The molecule has 0 radical (unpaired) electrons. The van der Waals surface area contributed by atoms with Crippen molar-refractivity contribution in [2.24, 2.45) is 11.8 Å². The van der Waals surface area contributed by atoms with E-state index < -0.39 is 20.6 Å². The molecule has 0 aliphatic carbocycles. The van der Waals surface area contributed by atoms with Gasteiger partial charge in [-0.1, -0.05) is 6.92 Å². The Morgan fingerprint density at radius 1 is 1.48 bits per heavy atom. The van der Waals surface area contributed by atoms with Crippen LogP contribution < -0.4 is 11.3 Å². The molecule has 0 aromatic heterocycles. The highest BCUT2D eigenvalue weighted by atomic mass is 32.2. The van der Waals surface area contributed by atoms with Crippen LogP contribution in [0.2, 0.25) is 0 Å². The minimum Gasteiger partial charge on any atom is -0.324 e. The van der Waals surface area contributed by atoms with Crippen LogP contribution in [0, 0.1) is 16.0 Å². The number of nitrogens with two attached hydrogens (primary N) is 1. The van der Waals surface area contributed by atoms with E-state index in [4.69, 9.17) is 5.84 Å². The number of benzene rings is 1. The topological polar surface area (TPSA) is 119 Å². The summed E-state index contributed by atoms with van der Waals surface area (Å²) in [6, 6.07) is 3.72. The molecule has 8 nitrogen and oxygen atoms in total.